The number of H-pyrrole nitrogens is 1. The van der Waals surface area contributed by atoms with Crippen LogP contribution >= 0.6 is 0 Å². The molecule has 1 aromatic carbocycles. The number of aromatic nitrogens is 3. The third-order valence-electron chi connectivity index (χ3n) is 5.21. The zero-order valence-electron chi connectivity index (χ0n) is 18.6. The molecule has 0 spiro atoms. The number of carbonyl (C=O) groups excluding carboxylic acids is 2. The van der Waals surface area contributed by atoms with E-state index in [1.807, 2.05) is 20.8 Å². The monoisotopic (exact) mass is 459 g/mol. The number of ketones is 1. The molecule has 0 atom stereocenters. The number of hydrogen-bond donors (Lipinski definition) is 4. The molecule has 0 unspecified atom stereocenters. The first-order chi connectivity index (χ1) is 16.2. The van der Waals surface area contributed by atoms with E-state index in [1.165, 1.54) is 18.3 Å². The SMILES string of the molecule is CC(C)(C)c1cc(NC(=O)Nc2cc3cc(C(=O)c4cc5cc(O)ccc5o4)[nH]c3cn2)no1. The Hall–Kier alpha value is -4.60. The van der Waals surface area contributed by atoms with Gasteiger partial charge in [0.25, 0.3) is 0 Å². The first-order valence-electron chi connectivity index (χ1n) is 10.5. The van der Waals surface area contributed by atoms with Crippen LogP contribution in [-0.2, 0) is 5.41 Å². The van der Waals surface area contributed by atoms with E-state index in [2.05, 4.69) is 25.8 Å². The van der Waals surface area contributed by atoms with Gasteiger partial charge in [-0.1, -0.05) is 25.9 Å². The number of nitrogens with one attached hydrogen (secondary N) is 3. The standard InChI is InChI=1S/C24H21N5O5/c1-24(2,3)19-10-21(29-34-19)28-23(32)27-20-9-12-7-15(26-16(12)11-25-20)22(31)18-8-13-6-14(30)4-5-17(13)33-18/h4-11,26,30H,1-3H3,(H2,25,27,28,29,32). The molecule has 0 radical (unpaired) electrons. The lowest BCUT2D eigenvalue weighted by molar-refractivity contribution is 0.101. The summed E-state index contributed by atoms with van der Waals surface area (Å²) in [6, 6.07) is 10.6. The highest BCUT2D eigenvalue weighted by molar-refractivity contribution is 6.10. The van der Waals surface area contributed by atoms with Crippen molar-refractivity contribution < 1.29 is 23.6 Å². The maximum absolute atomic E-state index is 12.9. The van der Waals surface area contributed by atoms with E-state index in [-0.39, 0.29) is 28.5 Å². The van der Waals surface area contributed by atoms with Gasteiger partial charge in [-0.05, 0) is 36.4 Å². The van der Waals surface area contributed by atoms with Gasteiger partial charge in [0.2, 0.25) is 5.78 Å². The minimum Gasteiger partial charge on any atom is -0.508 e. The van der Waals surface area contributed by atoms with Crippen molar-refractivity contribution in [2.75, 3.05) is 10.6 Å². The van der Waals surface area contributed by atoms with E-state index in [1.54, 1.807) is 30.3 Å². The zero-order chi connectivity index (χ0) is 24.0. The summed E-state index contributed by atoms with van der Waals surface area (Å²) in [4.78, 5) is 32.5. The molecule has 10 heteroatoms. The first-order valence-corrected chi connectivity index (χ1v) is 10.5. The summed E-state index contributed by atoms with van der Waals surface area (Å²) < 4.78 is 10.9. The van der Waals surface area contributed by atoms with E-state index in [9.17, 15) is 14.7 Å². The molecule has 0 bridgehead atoms. The van der Waals surface area contributed by atoms with Gasteiger partial charge in [0.1, 0.15) is 22.9 Å². The number of nitrogens with zero attached hydrogens (tertiary/aromatic N) is 2. The third kappa shape index (κ3) is 4.08. The number of aromatic hydroxyl groups is 1. The molecular weight excluding hydrogens is 438 g/mol. The summed E-state index contributed by atoms with van der Waals surface area (Å²) in [6.45, 7) is 5.93. The highest BCUT2D eigenvalue weighted by Gasteiger charge is 2.21. The van der Waals surface area contributed by atoms with Gasteiger partial charge in [-0.2, -0.15) is 0 Å². The number of hydrogen-bond acceptors (Lipinski definition) is 7. The summed E-state index contributed by atoms with van der Waals surface area (Å²) in [5, 5.41) is 20.0. The van der Waals surface area contributed by atoms with Gasteiger partial charge in [0, 0.05) is 22.3 Å². The number of urea groups is 1. The van der Waals surface area contributed by atoms with Crippen LogP contribution in [0.1, 0.15) is 42.8 Å². The molecule has 0 saturated heterocycles. The highest BCUT2D eigenvalue weighted by Crippen LogP contribution is 2.27. The fraction of sp³-hybridized carbons (Fsp3) is 0.167. The number of pyridine rings is 1. The Morgan fingerprint density at radius 1 is 1.00 bits per heavy atom. The Morgan fingerprint density at radius 2 is 1.79 bits per heavy atom. The van der Waals surface area contributed by atoms with Crippen molar-refractivity contribution in [1.82, 2.24) is 15.1 Å². The predicted molar refractivity (Wildman–Crippen MR) is 125 cm³/mol. The Kier molecular flexibility index (Phi) is 4.85. The van der Waals surface area contributed by atoms with E-state index in [0.29, 0.717) is 39.1 Å². The predicted octanol–water partition coefficient (Wildman–Crippen LogP) is 5.18. The van der Waals surface area contributed by atoms with Gasteiger partial charge in [0.15, 0.2) is 11.6 Å². The molecule has 5 rings (SSSR count). The van der Waals surface area contributed by atoms with Gasteiger partial charge in [-0.3, -0.25) is 15.4 Å². The van der Waals surface area contributed by atoms with Crippen LogP contribution in [0.3, 0.4) is 0 Å². The minimum absolute atomic E-state index is 0.0891. The Labute approximate surface area is 193 Å². The van der Waals surface area contributed by atoms with Crippen molar-refractivity contribution in [1.29, 1.82) is 0 Å². The van der Waals surface area contributed by atoms with E-state index >= 15 is 0 Å². The molecule has 4 heterocycles. The highest BCUT2D eigenvalue weighted by atomic mass is 16.5. The van der Waals surface area contributed by atoms with Crippen LogP contribution in [0.15, 0.2) is 57.6 Å². The van der Waals surface area contributed by atoms with Crippen LogP contribution in [0.2, 0.25) is 0 Å². The summed E-state index contributed by atoms with van der Waals surface area (Å²) >= 11 is 0. The molecule has 34 heavy (non-hydrogen) atoms. The van der Waals surface area contributed by atoms with Gasteiger partial charge >= 0.3 is 6.03 Å². The lowest BCUT2D eigenvalue weighted by Gasteiger charge is -2.12. The number of phenols is 1. The third-order valence-corrected chi connectivity index (χ3v) is 5.21. The number of aromatic amines is 1. The minimum atomic E-state index is -0.530. The van der Waals surface area contributed by atoms with Gasteiger partial charge < -0.3 is 19.0 Å². The fourth-order valence-electron chi connectivity index (χ4n) is 3.45. The quantitative estimate of drug-likeness (QED) is 0.271. The van der Waals surface area contributed by atoms with Crippen molar-refractivity contribution in [3.8, 4) is 5.75 Å². The maximum atomic E-state index is 12.9. The first kappa shape index (κ1) is 21.3. The molecule has 0 aliphatic heterocycles. The molecule has 10 nitrogen and oxygen atoms in total. The van der Waals surface area contributed by atoms with Crippen molar-refractivity contribution >= 4 is 45.3 Å². The molecule has 172 valence electrons. The number of furan rings is 1. The number of carbonyl (C=O) groups is 2. The van der Waals surface area contributed by atoms with E-state index in [0.717, 1.165) is 0 Å². The summed E-state index contributed by atoms with van der Waals surface area (Å²) in [5.41, 5.74) is 1.19. The maximum Gasteiger partial charge on any atom is 0.326 e. The smallest absolute Gasteiger partial charge is 0.326 e. The second-order valence-corrected chi connectivity index (χ2v) is 8.91. The van der Waals surface area contributed by atoms with Crippen LogP contribution in [0.5, 0.6) is 5.75 Å². The summed E-state index contributed by atoms with van der Waals surface area (Å²) in [7, 11) is 0. The van der Waals surface area contributed by atoms with Crippen LogP contribution < -0.4 is 10.6 Å². The molecule has 0 saturated carbocycles. The number of fused-ring (bicyclic) bond motifs is 2. The Bertz CT molecular complexity index is 1550. The lowest BCUT2D eigenvalue weighted by atomic mass is 9.93. The number of benzene rings is 1. The molecule has 4 aromatic heterocycles. The Balaban J connectivity index is 1.32. The van der Waals surface area contributed by atoms with Crippen molar-refractivity contribution in [2.24, 2.45) is 0 Å². The molecule has 4 N–H and O–H groups in total. The average Bonchev–Trinajstić information content (AvgIpc) is 3.49. The molecule has 5 aromatic rings. The van der Waals surface area contributed by atoms with Crippen LogP contribution in [0.25, 0.3) is 21.9 Å². The largest absolute Gasteiger partial charge is 0.508 e. The molecular formula is C24H21N5O5. The molecule has 0 aliphatic carbocycles. The van der Waals surface area contributed by atoms with Gasteiger partial charge in [-0.25, -0.2) is 9.78 Å². The topological polar surface area (TPSA) is 146 Å². The van der Waals surface area contributed by atoms with Crippen LogP contribution in [0.4, 0.5) is 16.4 Å². The fourth-order valence-corrected chi connectivity index (χ4v) is 3.45. The normalized spacial score (nSPS) is 11.7. The molecule has 0 aliphatic rings. The van der Waals surface area contributed by atoms with Crippen molar-refractivity contribution in [3.05, 3.63) is 65.9 Å². The van der Waals surface area contributed by atoms with Gasteiger partial charge in [-0.15, -0.1) is 0 Å². The number of amides is 2. The van der Waals surface area contributed by atoms with Gasteiger partial charge in [0.05, 0.1) is 17.4 Å². The van der Waals surface area contributed by atoms with E-state index < -0.39 is 6.03 Å². The lowest BCUT2D eigenvalue weighted by Crippen LogP contribution is -2.20. The number of anilines is 2. The average molecular weight is 459 g/mol. The second-order valence-electron chi connectivity index (χ2n) is 8.91. The summed E-state index contributed by atoms with van der Waals surface area (Å²) in [5.74, 6) is 1.11. The Morgan fingerprint density at radius 3 is 2.56 bits per heavy atom. The zero-order valence-corrected chi connectivity index (χ0v) is 18.6. The van der Waals surface area contributed by atoms with Crippen molar-refractivity contribution in [3.63, 3.8) is 0 Å². The summed E-state index contributed by atoms with van der Waals surface area (Å²) in [6.07, 6.45) is 1.52. The number of phenolic OH excluding ortho intramolecular Hbond substituents is 1. The molecule has 2 amide bonds. The van der Waals surface area contributed by atoms with Crippen molar-refractivity contribution in [2.45, 2.75) is 26.2 Å². The van der Waals surface area contributed by atoms with E-state index in [4.69, 9.17) is 8.94 Å². The van der Waals surface area contributed by atoms with Crippen LogP contribution in [-0.4, -0.2) is 32.0 Å². The number of rotatable bonds is 4. The molecule has 0 fully saturated rings. The van der Waals surface area contributed by atoms with Crippen LogP contribution in [0, 0.1) is 0 Å². The second kappa shape index (κ2) is 7.77.